The first kappa shape index (κ1) is 14.2. The number of fused-ring (bicyclic) bond motifs is 1. The molecule has 0 radical (unpaired) electrons. The number of ether oxygens (including phenoxy) is 1. The van der Waals surface area contributed by atoms with Crippen molar-refractivity contribution in [2.24, 2.45) is 5.41 Å². The second kappa shape index (κ2) is 5.34. The Morgan fingerprint density at radius 1 is 1.17 bits per heavy atom. The monoisotopic (exact) mass is 305 g/mol. The number of Topliss-reactive ketones (excluding diaryl/α,β-unsaturated/α-hetero) is 1. The Labute approximate surface area is 136 Å². The minimum absolute atomic E-state index is 0.215. The SMILES string of the molecule is COc1ccc(C2=CCC3(CC2)Cc2ccccc2C3=O)cn1. The van der Waals surface area contributed by atoms with Crippen molar-refractivity contribution in [3.63, 3.8) is 0 Å². The van der Waals surface area contributed by atoms with Gasteiger partial charge in [0.05, 0.1) is 7.11 Å². The van der Waals surface area contributed by atoms with Crippen LogP contribution >= 0.6 is 0 Å². The van der Waals surface area contributed by atoms with Gasteiger partial charge in [-0.2, -0.15) is 0 Å². The smallest absolute Gasteiger partial charge is 0.212 e. The largest absolute Gasteiger partial charge is 0.481 e. The Morgan fingerprint density at radius 3 is 2.70 bits per heavy atom. The molecule has 2 aromatic rings. The fourth-order valence-electron chi connectivity index (χ4n) is 3.84. The third kappa shape index (κ3) is 2.27. The Kier molecular flexibility index (Phi) is 3.29. The average Bonchev–Trinajstić information content (AvgIpc) is 2.88. The van der Waals surface area contributed by atoms with Crippen molar-refractivity contribution in [2.45, 2.75) is 25.7 Å². The topological polar surface area (TPSA) is 39.2 Å². The molecular formula is C20H19NO2. The zero-order valence-electron chi connectivity index (χ0n) is 13.2. The van der Waals surface area contributed by atoms with E-state index in [2.05, 4.69) is 17.1 Å². The Balaban J connectivity index is 1.59. The molecule has 23 heavy (non-hydrogen) atoms. The molecule has 2 aliphatic carbocycles. The van der Waals surface area contributed by atoms with E-state index in [1.165, 1.54) is 11.1 Å². The molecule has 2 aliphatic rings. The Morgan fingerprint density at radius 2 is 2.04 bits per heavy atom. The van der Waals surface area contributed by atoms with Gasteiger partial charge in [0, 0.05) is 23.2 Å². The minimum Gasteiger partial charge on any atom is -0.481 e. The van der Waals surface area contributed by atoms with Gasteiger partial charge < -0.3 is 4.74 Å². The van der Waals surface area contributed by atoms with Crippen molar-refractivity contribution in [1.29, 1.82) is 0 Å². The van der Waals surface area contributed by atoms with Crippen LogP contribution in [0.1, 0.15) is 40.7 Å². The number of hydrogen-bond acceptors (Lipinski definition) is 3. The predicted octanol–water partition coefficient (Wildman–Crippen LogP) is 4.08. The standard InChI is InChI=1S/C20H19NO2/c1-23-18-7-6-16(13-21-18)14-8-10-20(11-9-14)12-15-4-2-3-5-17(15)19(20)22/h2-8,13H,9-12H2,1H3. The van der Waals surface area contributed by atoms with Crippen LogP contribution in [0.3, 0.4) is 0 Å². The summed E-state index contributed by atoms with van der Waals surface area (Å²) >= 11 is 0. The first-order chi connectivity index (χ1) is 11.2. The predicted molar refractivity (Wildman–Crippen MR) is 89.5 cm³/mol. The number of hydrogen-bond donors (Lipinski definition) is 0. The van der Waals surface area contributed by atoms with Gasteiger partial charge in [-0.25, -0.2) is 4.98 Å². The molecule has 3 nitrogen and oxygen atoms in total. The normalized spacial score (nSPS) is 22.8. The van der Waals surface area contributed by atoms with E-state index >= 15 is 0 Å². The van der Waals surface area contributed by atoms with E-state index in [4.69, 9.17) is 4.74 Å². The van der Waals surface area contributed by atoms with Crippen LogP contribution in [0.25, 0.3) is 5.57 Å². The molecule has 0 saturated heterocycles. The van der Waals surface area contributed by atoms with E-state index < -0.39 is 0 Å². The quantitative estimate of drug-likeness (QED) is 0.839. The first-order valence-corrected chi connectivity index (χ1v) is 8.04. The number of nitrogens with zero attached hydrogens (tertiary/aromatic N) is 1. The number of aromatic nitrogens is 1. The number of allylic oxidation sites excluding steroid dienone is 2. The molecular weight excluding hydrogens is 286 g/mol. The number of benzene rings is 1. The first-order valence-electron chi connectivity index (χ1n) is 8.04. The molecule has 1 unspecified atom stereocenters. The third-order valence-electron chi connectivity index (χ3n) is 5.20. The van der Waals surface area contributed by atoms with Crippen LogP contribution in [0.2, 0.25) is 0 Å². The molecule has 116 valence electrons. The summed E-state index contributed by atoms with van der Waals surface area (Å²) in [6.07, 6.45) is 7.63. The van der Waals surface area contributed by atoms with Crippen LogP contribution in [0.4, 0.5) is 0 Å². The molecule has 1 aromatic carbocycles. The van der Waals surface area contributed by atoms with Gasteiger partial charge in [-0.3, -0.25) is 4.79 Å². The number of methoxy groups -OCH3 is 1. The highest BCUT2D eigenvalue weighted by molar-refractivity contribution is 6.05. The van der Waals surface area contributed by atoms with E-state index in [0.29, 0.717) is 11.7 Å². The van der Waals surface area contributed by atoms with Crippen LogP contribution in [0, 0.1) is 5.41 Å². The molecule has 0 fully saturated rings. The van der Waals surface area contributed by atoms with Crippen LogP contribution in [-0.4, -0.2) is 17.9 Å². The Bertz CT molecular complexity index is 792. The lowest BCUT2D eigenvalue weighted by atomic mass is 9.71. The number of rotatable bonds is 2. The van der Waals surface area contributed by atoms with Gasteiger partial charge in [-0.15, -0.1) is 0 Å². The molecule has 1 heterocycles. The van der Waals surface area contributed by atoms with Crippen LogP contribution < -0.4 is 4.74 Å². The number of carbonyl (C=O) groups excluding carboxylic acids is 1. The maximum absolute atomic E-state index is 12.8. The molecule has 0 amide bonds. The van der Waals surface area contributed by atoms with Crippen molar-refractivity contribution in [1.82, 2.24) is 4.98 Å². The number of carbonyl (C=O) groups is 1. The minimum atomic E-state index is -0.215. The lowest BCUT2D eigenvalue weighted by Crippen LogP contribution is -2.29. The highest BCUT2D eigenvalue weighted by Crippen LogP contribution is 2.47. The van der Waals surface area contributed by atoms with Crippen molar-refractivity contribution < 1.29 is 9.53 Å². The molecule has 1 atom stereocenters. The summed E-state index contributed by atoms with van der Waals surface area (Å²) in [7, 11) is 1.62. The van der Waals surface area contributed by atoms with Gasteiger partial charge in [0.15, 0.2) is 5.78 Å². The summed E-state index contributed by atoms with van der Waals surface area (Å²) in [4.78, 5) is 17.1. The van der Waals surface area contributed by atoms with Crippen molar-refractivity contribution in [3.8, 4) is 5.88 Å². The summed E-state index contributed by atoms with van der Waals surface area (Å²) in [5.74, 6) is 0.958. The number of ketones is 1. The Hall–Kier alpha value is -2.42. The lowest BCUT2D eigenvalue weighted by Gasteiger charge is -2.31. The summed E-state index contributed by atoms with van der Waals surface area (Å²) in [6.45, 7) is 0. The van der Waals surface area contributed by atoms with Crippen molar-refractivity contribution in [3.05, 3.63) is 65.4 Å². The molecule has 0 bridgehead atoms. The van der Waals surface area contributed by atoms with Gasteiger partial charge in [0.1, 0.15) is 0 Å². The van der Waals surface area contributed by atoms with Gasteiger partial charge in [-0.1, -0.05) is 30.3 Å². The van der Waals surface area contributed by atoms with E-state index in [1.54, 1.807) is 7.11 Å². The van der Waals surface area contributed by atoms with Gasteiger partial charge in [0.2, 0.25) is 5.88 Å². The second-order valence-electron chi connectivity index (χ2n) is 6.47. The second-order valence-corrected chi connectivity index (χ2v) is 6.47. The summed E-state index contributed by atoms with van der Waals surface area (Å²) in [5, 5.41) is 0. The highest BCUT2D eigenvalue weighted by Gasteiger charge is 2.45. The van der Waals surface area contributed by atoms with E-state index in [-0.39, 0.29) is 5.41 Å². The molecule has 1 spiro atoms. The molecule has 0 saturated carbocycles. The molecule has 4 rings (SSSR count). The van der Waals surface area contributed by atoms with Crippen LogP contribution in [0.5, 0.6) is 5.88 Å². The summed E-state index contributed by atoms with van der Waals surface area (Å²) < 4.78 is 5.11. The molecule has 0 aliphatic heterocycles. The van der Waals surface area contributed by atoms with Gasteiger partial charge in [-0.05, 0) is 48.4 Å². The highest BCUT2D eigenvalue weighted by atomic mass is 16.5. The van der Waals surface area contributed by atoms with Crippen molar-refractivity contribution in [2.75, 3.05) is 7.11 Å². The molecule has 3 heteroatoms. The molecule has 1 aromatic heterocycles. The number of pyridine rings is 1. The van der Waals surface area contributed by atoms with Gasteiger partial charge >= 0.3 is 0 Å². The average molecular weight is 305 g/mol. The fourth-order valence-corrected chi connectivity index (χ4v) is 3.84. The fraction of sp³-hybridized carbons (Fsp3) is 0.300. The van der Waals surface area contributed by atoms with Crippen molar-refractivity contribution >= 4 is 11.4 Å². The summed E-state index contributed by atoms with van der Waals surface area (Å²) in [5.41, 5.74) is 4.33. The summed E-state index contributed by atoms with van der Waals surface area (Å²) in [6, 6.07) is 12.0. The lowest BCUT2D eigenvalue weighted by molar-refractivity contribution is 0.0805. The van der Waals surface area contributed by atoms with E-state index in [0.717, 1.165) is 36.8 Å². The zero-order chi connectivity index (χ0) is 15.9. The maximum atomic E-state index is 12.8. The third-order valence-corrected chi connectivity index (χ3v) is 5.20. The van der Waals surface area contributed by atoms with Crippen LogP contribution in [0.15, 0.2) is 48.7 Å². The van der Waals surface area contributed by atoms with E-state index in [9.17, 15) is 4.79 Å². The zero-order valence-corrected chi connectivity index (χ0v) is 13.2. The van der Waals surface area contributed by atoms with Crippen LogP contribution in [-0.2, 0) is 6.42 Å². The van der Waals surface area contributed by atoms with Gasteiger partial charge in [0.25, 0.3) is 0 Å². The maximum Gasteiger partial charge on any atom is 0.212 e. The van der Waals surface area contributed by atoms with E-state index in [1.807, 2.05) is 36.5 Å². The molecule has 0 N–H and O–H groups in total.